The average molecular weight is 298 g/mol. The van der Waals surface area contributed by atoms with E-state index in [2.05, 4.69) is 6.92 Å². The minimum absolute atomic E-state index is 0.372. The molecule has 0 atom stereocenters. The summed E-state index contributed by atoms with van der Waals surface area (Å²) < 4.78 is 8.88. The van der Waals surface area contributed by atoms with Crippen molar-refractivity contribution in [2.75, 3.05) is 6.61 Å². The third-order valence-electron chi connectivity index (χ3n) is 2.76. The van der Waals surface area contributed by atoms with E-state index >= 15 is 0 Å². The maximum absolute atomic E-state index is 8.88. The predicted octanol–water partition coefficient (Wildman–Crippen LogP) is 3.36. The van der Waals surface area contributed by atoms with Crippen LogP contribution in [-0.4, -0.2) is 26.4 Å². The first-order valence-corrected chi connectivity index (χ1v) is 8.87. The lowest BCUT2D eigenvalue weighted by atomic mass is 10.1. The van der Waals surface area contributed by atoms with Gasteiger partial charge in [0.05, 0.1) is 0 Å². The normalized spacial score (nSPS) is 11.0. The van der Waals surface area contributed by atoms with E-state index in [1.54, 1.807) is 0 Å². The van der Waals surface area contributed by atoms with Gasteiger partial charge in [-0.1, -0.05) is 71.1 Å². The number of phosphoric acid groups is 1. The zero-order valence-corrected chi connectivity index (χ0v) is 13.0. The van der Waals surface area contributed by atoms with E-state index in [0.29, 0.717) is 6.61 Å². The highest BCUT2D eigenvalue weighted by molar-refractivity contribution is 7.45. The van der Waals surface area contributed by atoms with Gasteiger partial charge in [0.2, 0.25) is 0 Å². The van der Waals surface area contributed by atoms with Crippen LogP contribution in [0.25, 0.3) is 0 Å². The summed E-state index contributed by atoms with van der Waals surface area (Å²) in [7, 11) is -4.64. The van der Waals surface area contributed by atoms with Gasteiger partial charge in [0.15, 0.2) is 0 Å². The van der Waals surface area contributed by atoms with Crippen molar-refractivity contribution in [3.8, 4) is 0 Å². The van der Waals surface area contributed by atoms with Gasteiger partial charge in [-0.15, -0.1) is 0 Å². The first-order chi connectivity index (χ1) is 8.91. The van der Waals surface area contributed by atoms with Crippen LogP contribution in [0.1, 0.15) is 77.6 Å². The summed E-state index contributed by atoms with van der Waals surface area (Å²) in [5.41, 5.74) is 0. The fourth-order valence-electron chi connectivity index (χ4n) is 1.78. The Bertz CT molecular complexity index is 185. The van der Waals surface area contributed by atoms with E-state index in [-0.39, 0.29) is 0 Å². The molecule has 0 amide bonds. The monoisotopic (exact) mass is 298 g/mol. The molecule has 5 nitrogen and oxygen atoms in total. The molecule has 0 aliphatic heterocycles. The Morgan fingerprint density at radius 1 is 0.684 bits per heavy atom. The number of rotatable bonds is 11. The van der Waals surface area contributed by atoms with Crippen LogP contribution >= 0.6 is 7.82 Å². The molecule has 6 heteroatoms. The summed E-state index contributed by atoms with van der Waals surface area (Å²) in [6.07, 6.45) is 14.8. The van der Waals surface area contributed by atoms with Crippen molar-refractivity contribution in [1.82, 2.24) is 0 Å². The van der Waals surface area contributed by atoms with E-state index in [4.69, 9.17) is 24.4 Å². The van der Waals surface area contributed by atoms with Crippen LogP contribution in [0.4, 0.5) is 0 Å². The topological polar surface area (TPSA) is 98.0 Å². The summed E-state index contributed by atoms with van der Waals surface area (Å²) in [5, 5.41) is 8.59. The van der Waals surface area contributed by atoms with Gasteiger partial charge in [0.25, 0.3) is 0 Å². The highest BCUT2D eigenvalue weighted by Gasteiger charge is 2.00. The van der Waals surface area contributed by atoms with Crippen LogP contribution in [0.15, 0.2) is 0 Å². The van der Waals surface area contributed by atoms with Gasteiger partial charge in [-0.25, -0.2) is 4.57 Å². The van der Waals surface area contributed by atoms with Gasteiger partial charge in [-0.3, -0.25) is 0 Å². The van der Waals surface area contributed by atoms with Crippen molar-refractivity contribution < 1.29 is 24.4 Å². The zero-order chi connectivity index (χ0) is 15.0. The first-order valence-electron chi connectivity index (χ1n) is 7.31. The molecule has 0 bridgehead atoms. The second kappa shape index (κ2) is 16.1. The van der Waals surface area contributed by atoms with Crippen LogP contribution in [0, 0.1) is 0 Å². The van der Waals surface area contributed by atoms with E-state index in [1.807, 2.05) is 0 Å². The molecule has 0 spiro atoms. The molecule has 118 valence electrons. The van der Waals surface area contributed by atoms with Crippen molar-refractivity contribution in [2.24, 2.45) is 0 Å². The third-order valence-corrected chi connectivity index (χ3v) is 2.76. The molecular weight excluding hydrogens is 267 g/mol. The molecule has 0 saturated carbocycles. The minimum Gasteiger partial charge on any atom is -0.396 e. The molecule has 0 unspecified atom stereocenters. The zero-order valence-electron chi connectivity index (χ0n) is 12.1. The molecule has 0 fully saturated rings. The summed E-state index contributed by atoms with van der Waals surface area (Å²) in [6.45, 7) is 2.64. The van der Waals surface area contributed by atoms with Gasteiger partial charge >= 0.3 is 7.82 Å². The molecule has 19 heavy (non-hydrogen) atoms. The predicted molar refractivity (Wildman–Crippen MR) is 77.8 cm³/mol. The van der Waals surface area contributed by atoms with E-state index in [1.165, 1.54) is 64.2 Å². The summed E-state index contributed by atoms with van der Waals surface area (Å²) >= 11 is 0. The van der Waals surface area contributed by atoms with Crippen molar-refractivity contribution in [1.29, 1.82) is 0 Å². The maximum atomic E-state index is 8.88. The molecule has 0 aromatic heterocycles. The van der Waals surface area contributed by atoms with Gasteiger partial charge in [-0.2, -0.15) is 0 Å². The maximum Gasteiger partial charge on any atom is 0.466 e. The van der Waals surface area contributed by atoms with Gasteiger partial charge in [0, 0.05) is 6.61 Å². The second-order valence-electron chi connectivity index (χ2n) is 4.77. The van der Waals surface area contributed by atoms with Crippen LogP contribution in [-0.2, 0) is 4.57 Å². The summed E-state index contributed by atoms with van der Waals surface area (Å²) in [4.78, 5) is 21.6. The number of aliphatic hydroxyl groups is 1. The van der Waals surface area contributed by atoms with Crippen molar-refractivity contribution in [2.45, 2.75) is 77.6 Å². The van der Waals surface area contributed by atoms with Crippen molar-refractivity contribution in [3.63, 3.8) is 0 Å². The highest BCUT2D eigenvalue weighted by Crippen LogP contribution is 2.25. The molecule has 4 N–H and O–H groups in total. The molecule has 0 saturated heterocycles. The molecule has 0 heterocycles. The van der Waals surface area contributed by atoms with Gasteiger partial charge < -0.3 is 19.8 Å². The third kappa shape index (κ3) is 38.1. The molecule has 0 aliphatic carbocycles. The van der Waals surface area contributed by atoms with Gasteiger partial charge in [0.1, 0.15) is 0 Å². The largest absolute Gasteiger partial charge is 0.466 e. The lowest BCUT2D eigenvalue weighted by Crippen LogP contribution is -1.84. The molecule has 0 aliphatic rings. The molecule has 0 aromatic carbocycles. The van der Waals surface area contributed by atoms with Crippen LogP contribution in [0.5, 0.6) is 0 Å². The number of aliphatic hydroxyl groups excluding tert-OH is 1. The Hall–Kier alpha value is 0.0700. The lowest BCUT2D eigenvalue weighted by Gasteiger charge is -2.01. The standard InChI is InChI=1S/C13H28O.H3O4P/c1-2-3-4-5-6-7-8-9-10-11-12-13-14;1-5(2,3)4/h14H,2-13H2,1H3;(H3,1,2,3,4). The summed E-state index contributed by atoms with van der Waals surface area (Å²) in [6, 6.07) is 0. The molecule has 0 radical (unpaired) electrons. The van der Waals surface area contributed by atoms with Crippen LogP contribution in [0.3, 0.4) is 0 Å². The fraction of sp³-hybridized carbons (Fsp3) is 1.00. The lowest BCUT2D eigenvalue weighted by molar-refractivity contribution is 0.275. The first kappa shape index (κ1) is 21.4. The Morgan fingerprint density at radius 3 is 1.21 bits per heavy atom. The molecule has 0 aromatic rings. The van der Waals surface area contributed by atoms with Crippen LogP contribution < -0.4 is 0 Å². The highest BCUT2D eigenvalue weighted by atomic mass is 31.2. The number of unbranched alkanes of at least 4 members (excludes halogenated alkanes) is 10. The Morgan fingerprint density at radius 2 is 0.947 bits per heavy atom. The Kier molecular flexibility index (Phi) is 18.1. The number of hydrogen-bond acceptors (Lipinski definition) is 2. The molecule has 0 rings (SSSR count). The molecular formula is C13H31O5P. The minimum atomic E-state index is -4.64. The number of hydrogen-bond donors (Lipinski definition) is 4. The van der Waals surface area contributed by atoms with Gasteiger partial charge in [-0.05, 0) is 6.42 Å². The quantitative estimate of drug-likeness (QED) is 0.346. The van der Waals surface area contributed by atoms with Crippen molar-refractivity contribution >= 4 is 7.82 Å². The van der Waals surface area contributed by atoms with Crippen LogP contribution in [0.2, 0.25) is 0 Å². The Balaban J connectivity index is 0. The SMILES string of the molecule is CCCCCCCCCCCCCO.O=P(O)(O)O. The van der Waals surface area contributed by atoms with E-state index in [9.17, 15) is 0 Å². The fourth-order valence-corrected chi connectivity index (χ4v) is 1.78. The smallest absolute Gasteiger partial charge is 0.396 e. The van der Waals surface area contributed by atoms with E-state index in [0.717, 1.165) is 6.42 Å². The second-order valence-corrected chi connectivity index (χ2v) is 5.80. The van der Waals surface area contributed by atoms with Crippen molar-refractivity contribution in [3.05, 3.63) is 0 Å². The average Bonchev–Trinajstić information content (AvgIpc) is 2.29. The summed E-state index contributed by atoms with van der Waals surface area (Å²) in [5.74, 6) is 0. The van der Waals surface area contributed by atoms with E-state index < -0.39 is 7.82 Å². The Labute approximate surface area is 117 Å².